The lowest BCUT2D eigenvalue weighted by Gasteiger charge is -2.00. The van der Waals surface area contributed by atoms with Gasteiger partial charge in [0.2, 0.25) is 11.9 Å². The van der Waals surface area contributed by atoms with Gasteiger partial charge in [-0.1, -0.05) is 0 Å². The van der Waals surface area contributed by atoms with Gasteiger partial charge in [0.25, 0.3) is 0 Å². The molecule has 1 rings (SSSR count). The zero-order valence-corrected chi connectivity index (χ0v) is 6.40. The Morgan fingerprint density at radius 1 is 1.42 bits per heavy atom. The minimum atomic E-state index is -0.736. The lowest BCUT2D eigenvalue weighted by Crippen LogP contribution is -2.21. The number of nitrogens with one attached hydrogen (secondary N) is 1. The number of urea groups is 1. The first-order chi connectivity index (χ1) is 5.58. The predicted molar refractivity (Wildman–Crippen MR) is 42.2 cm³/mol. The standard InChI is InChI=1S/C5H8N6O/c1-2-8-3(6)10-5(9-2)11-4(7)12/h1H3,(H5,6,7,8,9,10,11,12). The van der Waals surface area contributed by atoms with Crippen LogP contribution in [0.3, 0.4) is 0 Å². The molecule has 1 aromatic rings. The topological polar surface area (TPSA) is 120 Å². The van der Waals surface area contributed by atoms with Gasteiger partial charge in [0.1, 0.15) is 5.82 Å². The number of nitrogens with two attached hydrogens (primary N) is 2. The maximum absolute atomic E-state index is 10.4. The first-order valence-corrected chi connectivity index (χ1v) is 3.12. The van der Waals surface area contributed by atoms with Crippen molar-refractivity contribution < 1.29 is 4.79 Å². The summed E-state index contributed by atoms with van der Waals surface area (Å²) in [5.41, 5.74) is 10.1. The van der Waals surface area contributed by atoms with E-state index in [4.69, 9.17) is 11.5 Å². The smallest absolute Gasteiger partial charge is 0.319 e. The van der Waals surface area contributed by atoms with Crippen molar-refractivity contribution in [3.8, 4) is 0 Å². The molecule has 0 fully saturated rings. The largest absolute Gasteiger partial charge is 0.368 e. The van der Waals surface area contributed by atoms with Gasteiger partial charge in [-0.25, -0.2) is 4.79 Å². The molecule has 0 spiro atoms. The average Bonchev–Trinajstić information content (AvgIpc) is 1.81. The molecule has 64 valence electrons. The summed E-state index contributed by atoms with van der Waals surface area (Å²) in [7, 11) is 0. The zero-order valence-electron chi connectivity index (χ0n) is 6.40. The van der Waals surface area contributed by atoms with E-state index in [1.165, 1.54) is 0 Å². The Balaban J connectivity index is 2.93. The van der Waals surface area contributed by atoms with Crippen molar-refractivity contribution >= 4 is 17.9 Å². The number of carbonyl (C=O) groups is 1. The molecule has 7 nitrogen and oxygen atoms in total. The highest BCUT2D eigenvalue weighted by Gasteiger charge is 2.01. The molecule has 0 aliphatic rings. The second kappa shape index (κ2) is 2.99. The molecule has 0 saturated heterocycles. The van der Waals surface area contributed by atoms with E-state index in [-0.39, 0.29) is 11.9 Å². The number of hydrogen-bond acceptors (Lipinski definition) is 5. The highest BCUT2D eigenvalue weighted by atomic mass is 16.2. The molecule has 1 aromatic heterocycles. The van der Waals surface area contributed by atoms with E-state index in [0.29, 0.717) is 5.82 Å². The fraction of sp³-hybridized carbons (Fsp3) is 0.200. The van der Waals surface area contributed by atoms with E-state index in [2.05, 4.69) is 20.3 Å². The molecule has 0 aliphatic heterocycles. The summed E-state index contributed by atoms with van der Waals surface area (Å²) in [6.07, 6.45) is 0. The number of primary amides is 1. The lowest BCUT2D eigenvalue weighted by atomic mass is 10.7. The highest BCUT2D eigenvalue weighted by molar-refractivity contribution is 5.85. The SMILES string of the molecule is Cc1nc(N)nc(NC(N)=O)n1. The molecule has 0 saturated carbocycles. The van der Waals surface area contributed by atoms with Gasteiger partial charge >= 0.3 is 6.03 Å². The number of hydrogen-bond donors (Lipinski definition) is 3. The van der Waals surface area contributed by atoms with Gasteiger partial charge in [-0.15, -0.1) is 0 Å². The van der Waals surface area contributed by atoms with Crippen LogP contribution in [0.5, 0.6) is 0 Å². The number of rotatable bonds is 1. The second-order valence-electron chi connectivity index (χ2n) is 2.05. The highest BCUT2D eigenvalue weighted by Crippen LogP contribution is 2.00. The number of carbonyl (C=O) groups excluding carboxylic acids is 1. The van der Waals surface area contributed by atoms with Gasteiger partial charge in [0, 0.05) is 0 Å². The molecule has 0 bridgehead atoms. The van der Waals surface area contributed by atoms with Crippen molar-refractivity contribution in [3.05, 3.63) is 5.82 Å². The first-order valence-electron chi connectivity index (χ1n) is 3.12. The molecule has 12 heavy (non-hydrogen) atoms. The van der Waals surface area contributed by atoms with Crippen molar-refractivity contribution in [3.63, 3.8) is 0 Å². The molecule has 0 atom stereocenters. The minimum absolute atomic E-state index is 0.0475. The Morgan fingerprint density at radius 3 is 2.58 bits per heavy atom. The number of aromatic nitrogens is 3. The van der Waals surface area contributed by atoms with Crippen molar-refractivity contribution in [1.82, 2.24) is 15.0 Å². The molecule has 0 aromatic carbocycles. The van der Waals surface area contributed by atoms with Crippen LogP contribution in [0.25, 0.3) is 0 Å². The summed E-state index contributed by atoms with van der Waals surface area (Å²) in [5, 5.41) is 2.18. The van der Waals surface area contributed by atoms with E-state index < -0.39 is 6.03 Å². The zero-order chi connectivity index (χ0) is 9.14. The van der Waals surface area contributed by atoms with Crippen molar-refractivity contribution in [2.75, 3.05) is 11.1 Å². The summed E-state index contributed by atoms with van der Waals surface area (Å²) in [5.74, 6) is 0.532. The van der Waals surface area contributed by atoms with Crippen LogP contribution >= 0.6 is 0 Å². The maximum Gasteiger partial charge on any atom is 0.319 e. The fourth-order valence-electron chi connectivity index (χ4n) is 0.669. The van der Waals surface area contributed by atoms with Crippen molar-refractivity contribution in [2.45, 2.75) is 6.92 Å². The number of nitrogens with zero attached hydrogens (tertiary/aromatic N) is 3. The molecule has 2 amide bonds. The Hall–Kier alpha value is -1.92. The van der Waals surface area contributed by atoms with Gasteiger partial charge in [-0.05, 0) is 6.92 Å². The molecule has 1 heterocycles. The van der Waals surface area contributed by atoms with E-state index in [9.17, 15) is 4.79 Å². The predicted octanol–water partition coefficient (Wildman–Crippen LogP) is -0.747. The first kappa shape index (κ1) is 8.18. The third kappa shape index (κ3) is 2.04. The van der Waals surface area contributed by atoms with Gasteiger partial charge in [0.05, 0.1) is 0 Å². The monoisotopic (exact) mass is 168 g/mol. The summed E-state index contributed by atoms with van der Waals surface area (Å²) < 4.78 is 0. The minimum Gasteiger partial charge on any atom is -0.368 e. The van der Waals surface area contributed by atoms with Crippen LogP contribution in [0.15, 0.2) is 0 Å². The van der Waals surface area contributed by atoms with E-state index >= 15 is 0 Å². The molecular formula is C5H8N6O. The summed E-state index contributed by atoms with van der Waals surface area (Å²) in [6.45, 7) is 1.63. The van der Waals surface area contributed by atoms with E-state index in [1.807, 2.05) is 0 Å². The number of amides is 2. The van der Waals surface area contributed by atoms with Crippen LogP contribution in [-0.4, -0.2) is 21.0 Å². The van der Waals surface area contributed by atoms with Crippen LogP contribution in [0.4, 0.5) is 16.7 Å². The Morgan fingerprint density at radius 2 is 2.08 bits per heavy atom. The molecule has 0 unspecified atom stereocenters. The number of nitrogen functional groups attached to an aromatic ring is 1. The molecule has 5 N–H and O–H groups in total. The molecule has 0 aliphatic carbocycles. The molecule has 0 radical (unpaired) electrons. The van der Waals surface area contributed by atoms with Crippen LogP contribution in [0.1, 0.15) is 5.82 Å². The lowest BCUT2D eigenvalue weighted by molar-refractivity contribution is 0.259. The van der Waals surface area contributed by atoms with Crippen molar-refractivity contribution in [1.29, 1.82) is 0 Å². The average molecular weight is 168 g/mol. The second-order valence-corrected chi connectivity index (χ2v) is 2.05. The summed E-state index contributed by atoms with van der Waals surface area (Å²) in [6, 6.07) is -0.736. The maximum atomic E-state index is 10.4. The van der Waals surface area contributed by atoms with Crippen LogP contribution < -0.4 is 16.8 Å². The van der Waals surface area contributed by atoms with E-state index in [1.54, 1.807) is 6.92 Å². The Labute approximate surface area is 68.2 Å². The van der Waals surface area contributed by atoms with Crippen LogP contribution in [0.2, 0.25) is 0 Å². The van der Waals surface area contributed by atoms with Gasteiger partial charge in [0.15, 0.2) is 0 Å². The summed E-state index contributed by atoms with van der Waals surface area (Å²) in [4.78, 5) is 21.4. The van der Waals surface area contributed by atoms with E-state index in [0.717, 1.165) is 0 Å². The Bertz CT molecular complexity index is 291. The molecule has 7 heteroatoms. The van der Waals surface area contributed by atoms with Gasteiger partial charge in [-0.3, -0.25) is 5.32 Å². The molecular weight excluding hydrogens is 160 g/mol. The van der Waals surface area contributed by atoms with Crippen LogP contribution in [-0.2, 0) is 0 Å². The third-order valence-electron chi connectivity index (χ3n) is 1.000. The fourth-order valence-corrected chi connectivity index (χ4v) is 0.669. The van der Waals surface area contributed by atoms with Gasteiger partial charge in [-0.2, -0.15) is 15.0 Å². The van der Waals surface area contributed by atoms with Crippen LogP contribution in [0, 0.1) is 6.92 Å². The summed E-state index contributed by atoms with van der Waals surface area (Å²) >= 11 is 0. The normalized spacial score (nSPS) is 9.42. The number of anilines is 2. The number of aryl methyl sites for hydroxylation is 1. The third-order valence-corrected chi connectivity index (χ3v) is 1.000. The quantitative estimate of drug-likeness (QED) is 0.509. The Kier molecular flexibility index (Phi) is 2.04. The van der Waals surface area contributed by atoms with Gasteiger partial charge < -0.3 is 11.5 Å². The van der Waals surface area contributed by atoms with Crippen molar-refractivity contribution in [2.24, 2.45) is 5.73 Å².